The molecular weight excluding hydrogens is 246 g/mol. The normalized spacial score (nSPS) is 32.6. The molecule has 18 heavy (non-hydrogen) atoms. The number of aryl methyl sites for hydroxylation is 1. The van der Waals surface area contributed by atoms with Crippen molar-refractivity contribution < 1.29 is 13.3 Å². The molecule has 2 bridgehead atoms. The van der Waals surface area contributed by atoms with Crippen LogP contribution < -0.4 is 5.19 Å². The third-order valence-corrected chi connectivity index (χ3v) is 6.30. The van der Waals surface area contributed by atoms with Gasteiger partial charge in [-0.2, -0.15) is 0 Å². The van der Waals surface area contributed by atoms with Crippen LogP contribution in [0.25, 0.3) is 0 Å². The summed E-state index contributed by atoms with van der Waals surface area (Å²) in [4.78, 5) is 2.33. The maximum atomic E-state index is 6.02. The fourth-order valence-corrected chi connectivity index (χ4v) is 4.80. The van der Waals surface area contributed by atoms with E-state index >= 15 is 0 Å². The van der Waals surface area contributed by atoms with Gasteiger partial charge in [-0.3, -0.25) is 4.90 Å². The van der Waals surface area contributed by atoms with Crippen LogP contribution in [0.3, 0.4) is 0 Å². The van der Waals surface area contributed by atoms with Gasteiger partial charge in [0.2, 0.25) is 0 Å². The summed E-state index contributed by atoms with van der Waals surface area (Å²) >= 11 is 0. The first-order chi connectivity index (χ1) is 8.78. The molecule has 0 saturated carbocycles. The standard InChI is InChI=1S/C13H19NO3Si/c1-12-2-4-13(5-3-12)18-15-9-6-14(7-10-16-18)8-11-17-18/h2-5H,6-11H2,1H3. The molecule has 1 aromatic rings. The summed E-state index contributed by atoms with van der Waals surface area (Å²) in [5, 5.41) is 1.09. The van der Waals surface area contributed by atoms with Crippen molar-refractivity contribution in [3.8, 4) is 0 Å². The Morgan fingerprint density at radius 1 is 0.889 bits per heavy atom. The molecular formula is C13H19NO3Si. The third-order valence-electron chi connectivity index (χ3n) is 3.50. The molecule has 0 aliphatic carbocycles. The van der Waals surface area contributed by atoms with Gasteiger partial charge < -0.3 is 13.3 Å². The SMILES string of the molecule is Cc1ccc([Si]23OCCN(CCO2)CCO3)cc1. The smallest absolute Gasteiger partial charge is 0.369 e. The Morgan fingerprint density at radius 3 is 1.89 bits per heavy atom. The Balaban J connectivity index is 1.91. The Hall–Kier alpha value is -0.723. The molecule has 0 unspecified atom stereocenters. The number of benzene rings is 1. The quantitative estimate of drug-likeness (QED) is 0.693. The number of fused-ring (bicyclic) bond motifs is 6. The molecule has 3 aliphatic rings. The molecule has 0 aromatic heterocycles. The van der Waals surface area contributed by atoms with E-state index in [1.54, 1.807) is 0 Å². The number of hydrogen-bond donors (Lipinski definition) is 0. The van der Waals surface area contributed by atoms with E-state index in [-0.39, 0.29) is 0 Å². The van der Waals surface area contributed by atoms with Crippen molar-refractivity contribution in [3.63, 3.8) is 0 Å². The van der Waals surface area contributed by atoms with Crippen LogP contribution in [-0.2, 0) is 13.3 Å². The Labute approximate surface area is 109 Å². The van der Waals surface area contributed by atoms with E-state index in [4.69, 9.17) is 13.3 Å². The summed E-state index contributed by atoms with van der Waals surface area (Å²) in [6, 6.07) is 8.36. The molecule has 4 nitrogen and oxygen atoms in total. The van der Waals surface area contributed by atoms with Gasteiger partial charge in [-0.1, -0.05) is 29.8 Å². The molecule has 4 rings (SSSR count). The molecule has 1 aromatic carbocycles. The Bertz CT molecular complexity index is 383. The van der Waals surface area contributed by atoms with Crippen molar-refractivity contribution in [2.45, 2.75) is 6.92 Å². The number of rotatable bonds is 1. The van der Waals surface area contributed by atoms with Crippen molar-refractivity contribution in [1.82, 2.24) is 4.90 Å². The molecule has 0 radical (unpaired) electrons. The maximum Gasteiger partial charge on any atom is 0.537 e. The summed E-state index contributed by atoms with van der Waals surface area (Å²) < 4.78 is 18.1. The van der Waals surface area contributed by atoms with E-state index in [0.717, 1.165) is 24.8 Å². The summed E-state index contributed by atoms with van der Waals surface area (Å²) in [6.07, 6.45) is 0. The highest BCUT2D eigenvalue weighted by atomic mass is 28.4. The lowest BCUT2D eigenvalue weighted by atomic mass is 10.2. The van der Waals surface area contributed by atoms with Crippen molar-refractivity contribution in [2.24, 2.45) is 0 Å². The summed E-state index contributed by atoms with van der Waals surface area (Å²) in [7, 11) is -2.65. The van der Waals surface area contributed by atoms with Crippen molar-refractivity contribution in [1.29, 1.82) is 0 Å². The van der Waals surface area contributed by atoms with Gasteiger partial charge in [-0.05, 0) is 6.92 Å². The number of hydrogen-bond acceptors (Lipinski definition) is 4. The van der Waals surface area contributed by atoms with Crippen LogP contribution in [0.2, 0.25) is 0 Å². The van der Waals surface area contributed by atoms with E-state index in [2.05, 4.69) is 36.1 Å². The van der Waals surface area contributed by atoms with E-state index < -0.39 is 8.80 Å². The summed E-state index contributed by atoms with van der Waals surface area (Å²) in [5.41, 5.74) is 1.24. The zero-order chi connectivity index (χ0) is 12.4. The third kappa shape index (κ3) is 2.37. The van der Waals surface area contributed by atoms with Gasteiger partial charge in [0.25, 0.3) is 0 Å². The van der Waals surface area contributed by atoms with Crippen LogP contribution in [0.1, 0.15) is 5.56 Å². The minimum absolute atomic E-state index is 0.695. The minimum atomic E-state index is -2.65. The van der Waals surface area contributed by atoms with E-state index in [1.807, 2.05) is 0 Å². The van der Waals surface area contributed by atoms with Crippen LogP contribution in [0.5, 0.6) is 0 Å². The maximum absolute atomic E-state index is 6.02. The minimum Gasteiger partial charge on any atom is -0.369 e. The number of nitrogens with zero attached hydrogens (tertiary/aromatic N) is 1. The van der Waals surface area contributed by atoms with Crippen LogP contribution >= 0.6 is 0 Å². The zero-order valence-electron chi connectivity index (χ0n) is 10.7. The van der Waals surface area contributed by atoms with E-state index in [1.165, 1.54) is 5.56 Å². The topological polar surface area (TPSA) is 30.9 Å². The molecule has 3 fully saturated rings. The van der Waals surface area contributed by atoms with Gasteiger partial charge in [0, 0.05) is 24.8 Å². The summed E-state index contributed by atoms with van der Waals surface area (Å²) in [5.74, 6) is 0. The van der Waals surface area contributed by atoms with Crippen LogP contribution in [0.15, 0.2) is 24.3 Å². The predicted molar refractivity (Wildman–Crippen MR) is 70.9 cm³/mol. The van der Waals surface area contributed by atoms with Crippen LogP contribution in [0, 0.1) is 6.92 Å². The van der Waals surface area contributed by atoms with Crippen molar-refractivity contribution in [3.05, 3.63) is 29.8 Å². The first-order valence-corrected chi connectivity index (χ1v) is 8.22. The molecule has 3 saturated heterocycles. The van der Waals surface area contributed by atoms with Crippen LogP contribution in [0.4, 0.5) is 0 Å². The van der Waals surface area contributed by atoms with Crippen LogP contribution in [-0.4, -0.2) is 53.2 Å². The molecule has 0 spiro atoms. The molecule has 0 atom stereocenters. The first kappa shape index (κ1) is 12.3. The van der Waals surface area contributed by atoms with E-state index in [0.29, 0.717) is 19.8 Å². The monoisotopic (exact) mass is 265 g/mol. The largest absolute Gasteiger partial charge is 0.537 e. The van der Waals surface area contributed by atoms with Gasteiger partial charge >= 0.3 is 8.80 Å². The van der Waals surface area contributed by atoms with Gasteiger partial charge in [0.05, 0.1) is 19.8 Å². The average molecular weight is 265 g/mol. The Kier molecular flexibility index (Phi) is 3.49. The lowest BCUT2D eigenvalue weighted by Crippen LogP contribution is -2.62. The average Bonchev–Trinajstić information content (AvgIpc) is 2.28. The molecule has 3 heterocycles. The second kappa shape index (κ2) is 5.11. The van der Waals surface area contributed by atoms with Gasteiger partial charge in [0.1, 0.15) is 0 Å². The molecule has 0 N–H and O–H groups in total. The fraction of sp³-hybridized carbons (Fsp3) is 0.538. The Morgan fingerprint density at radius 2 is 1.39 bits per heavy atom. The lowest BCUT2D eigenvalue weighted by molar-refractivity contribution is 0.00141. The fourth-order valence-electron chi connectivity index (χ4n) is 2.40. The van der Waals surface area contributed by atoms with Crippen molar-refractivity contribution >= 4 is 14.0 Å². The lowest BCUT2D eigenvalue weighted by Gasteiger charge is -2.38. The highest BCUT2D eigenvalue weighted by molar-refractivity contribution is 6.75. The second-order valence-corrected chi connectivity index (χ2v) is 7.36. The van der Waals surface area contributed by atoms with Gasteiger partial charge in [-0.15, -0.1) is 0 Å². The van der Waals surface area contributed by atoms with E-state index in [9.17, 15) is 0 Å². The van der Waals surface area contributed by atoms with Gasteiger partial charge in [0.15, 0.2) is 0 Å². The highest BCUT2D eigenvalue weighted by Gasteiger charge is 2.46. The highest BCUT2D eigenvalue weighted by Crippen LogP contribution is 2.16. The van der Waals surface area contributed by atoms with Crippen molar-refractivity contribution in [2.75, 3.05) is 39.5 Å². The molecule has 5 heteroatoms. The second-order valence-electron chi connectivity index (χ2n) is 4.81. The molecule has 3 aliphatic heterocycles. The predicted octanol–water partition coefficient (Wildman–Crippen LogP) is 0.520. The first-order valence-electron chi connectivity index (χ1n) is 6.50. The zero-order valence-corrected chi connectivity index (χ0v) is 11.7. The molecule has 98 valence electrons. The summed E-state index contributed by atoms with van der Waals surface area (Å²) in [6.45, 7) is 7.11. The molecule has 0 amide bonds. The van der Waals surface area contributed by atoms with Gasteiger partial charge in [-0.25, -0.2) is 0 Å².